The van der Waals surface area contributed by atoms with Gasteiger partial charge in [0.25, 0.3) is 0 Å². The molecule has 1 nitrogen and oxygen atoms in total. The fourth-order valence-corrected chi connectivity index (χ4v) is 0.902. The van der Waals surface area contributed by atoms with Gasteiger partial charge in [0.1, 0.15) is 5.82 Å². The molecule has 0 N–H and O–H groups in total. The van der Waals surface area contributed by atoms with Crippen molar-refractivity contribution in [3.63, 3.8) is 0 Å². The van der Waals surface area contributed by atoms with Crippen molar-refractivity contribution < 1.29 is 9.18 Å². The molecule has 0 aliphatic heterocycles. The molecule has 0 aliphatic carbocycles. The van der Waals surface area contributed by atoms with Gasteiger partial charge in [-0.25, -0.2) is 4.39 Å². The molecule has 0 atom stereocenters. The highest BCUT2D eigenvalue weighted by atomic mass is 19.1. The van der Waals surface area contributed by atoms with E-state index in [0.717, 1.165) is 0 Å². The Morgan fingerprint density at radius 2 is 2.08 bits per heavy atom. The lowest BCUT2D eigenvalue weighted by Crippen LogP contribution is -1.97. The zero-order chi connectivity index (χ0) is 8.97. The van der Waals surface area contributed by atoms with Crippen LogP contribution in [0.4, 0.5) is 4.39 Å². The van der Waals surface area contributed by atoms with Crippen molar-refractivity contribution in [1.29, 1.82) is 0 Å². The van der Waals surface area contributed by atoms with Crippen molar-refractivity contribution in [2.24, 2.45) is 0 Å². The van der Waals surface area contributed by atoms with Gasteiger partial charge in [-0.3, -0.25) is 4.79 Å². The minimum Gasteiger partial charge on any atom is -0.289 e. The molecule has 0 saturated carbocycles. The van der Waals surface area contributed by atoms with Crippen LogP contribution in [0.3, 0.4) is 0 Å². The van der Waals surface area contributed by atoms with E-state index < -0.39 is 5.82 Å². The van der Waals surface area contributed by atoms with Gasteiger partial charge in [-0.2, -0.15) is 0 Å². The van der Waals surface area contributed by atoms with Crippen molar-refractivity contribution in [3.05, 3.63) is 47.8 Å². The second kappa shape index (κ2) is 3.81. The monoisotopic (exact) mass is 164 g/mol. The molecule has 0 fully saturated rings. The van der Waals surface area contributed by atoms with Crippen LogP contribution in [0.15, 0.2) is 36.4 Å². The first-order valence-electron chi connectivity index (χ1n) is 3.67. The average molecular weight is 164 g/mol. The first-order valence-corrected chi connectivity index (χ1v) is 3.67. The number of hydrogen-bond donors (Lipinski definition) is 0. The Kier molecular flexibility index (Phi) is 2.75. The maximum Gasteiger partial charge on any atom is 0.188 e. The fourth-order valence-electron chi connectivity index (χ4n) is 0.902. The molecule has 0 saturated heterocycles. The van der Waals surface area contributed by atoms with Gasteiger partial charge in [-0.1, -0.05) is 18.2 Å². The summed E-state index contributed by atoms with van der Waals surface area (Å²) in [6.45, 7) is 1.72. The normalized spacial score (nSPS) is 10.5. The summed E-state index contributed by atoms with van der Waals surface area (Å²) in [4.78, 5) is 11.1. The van der Waals surface area contributed by atoms with Crippen molar-refractivity contribution in [1.82, 2.24) is 0 Å². The summed E-state index contributed by atoms with van der Waals surface area (Å²) in [5.41, 5.74) is 0.121. The van der Waals surface area contributed by atoms with E-state index >= 15 is 0 Å². The van der Waals surface area contributed by atoms with Gasteiger partial charge in [0.15, 0.2) is 5.78 Å². The number of carbonyl (C=O) groups is 1. The number of allylic oxidation sites excluding steroid dienone is 2. The second-order valence-electron chi connectivity index (χ2n) is 2.34. The second-order valence-corrected chi connectivity index (χ2v) is 2.34. The summed E-state index contributed by atoms with van der Waals surface area (Å²) >= 11 is 0. The van der Waals surface area contributed by atoms with Gasteiger partial charge in [-0.15, -0.1) is 0 Å². The summed E-state index contributed by atoms with van der Waals surface area (Å²) in [5.74, 6) is -0.767. The quantitative estimate of drug-likeness (QED) is 0.485. The van der Waals surface area contributed by atoms with Gasteiger partial charge >= 0.3 is 0 Å². The number of hydrogen-bond acceptors (Lipinski definition) is 1. The Hall–Kier alpha value is -1.44. The Labute approximate surface area is 70.5 Å². The summed E-state index contributed by atoms with van der Waals surface area (Å²) < 4.78 is 12.9. The van der Waals surface area contributed by atoms with Crippen molar-refractivity contribution in [3.8, 4) is 0 Å². The van der Waals surface area contributed by atoms with E-state index in [2.05, 4.69) is 0 Å². The number of ketones is 1. The van der Waals surface area contributed by atoms with Crippen LogP contribution in [0, 0.1) is 5.82 Å². The number of halogens is 1. The van der Waals surface area contributed by atoms with Crippen LogP contribution in [0.25, 0.3) is 0 Å². The lowest BCUT2D eigenvalue weighted by atomic mass is 10.1. The molecule has 62 valence electrons. The maximum absolute atomic E-state index is 12.9. The third-order valence-electron chi connectivity index (χ3n) is 1.46. The van der Waals surface area contributed by atoms with Crippen LogP contribution >= 0.6 is 0 Å². The third kappa shape index (κ3) is 1.78. The fraction of sp³-hybridized carbons (Fsp3) is 0.100. The maximum atomic E-state index is 12.9. The highest BCUT2D eigenvalue weighted by Crippen LogP contribution is 2.07. The zero-order valence-corrected chi connectivity index (χ0v) is 6.75. The molecular formula is C10H9FO. The summed E-state index contributed by atoms with van der Waals surface area (Å²) in [7, 11) is 0. The number of benzene rings is 1. The summed E-state index contributed by atoms with van der Waals surface area (Å²) in [6.07, 6.45) is 2.94. The average Bonchev–Trinajstić information content (AvgIpc) is 2.05. The Morgan fingerprint density at radius 3 is 2.67 bits per heavy atom. The van der Waals surface area contributed by atoms with Crippen molar-refractivity contribution >= 4 is 5.78 Å². The van der Waals surface area contributed by atoms with Gasteiger partial charge in [0, 0.05) is 0 Å². The van der Waals surface area contributed by atoms with E-state index in [-0.39, 0.29) is 11.3 Å². The van der Waals surface area contributed by atoms with Crippen molar-refractivity contribution in [2.45, 2.75) is 6.92 Å². The van der Waals surface area contributed by atoms with Gasteiger partial charge in [0.2, 0.25) is 0 Å². The van der Waals surface area contributed by atoms with Gasteiger partial charge in [0.05, 0.1) is 5.56 Å². The Balaban J connectivity index is 3.03. The smallest absolute Gasteiger partial charge is 0.188 e. The molecule has 0 aliphatic rings. The SMILES string of the molecule is C/C=C\C(=O)c1ccccc1F. The first kappa shape index (κ1) is 8.65. The Morgan fingerprint density at radius 1 is 1.42 bits per heavy atom. The van der Waals surface area contributed by atoms with E-state index in [0.29, 0.717) is 0 Å². The summed E-state index contributed by atoms with van der Waals surface area (Å²) in [5, 5.41) is 0. The van der Waals surface area contributed by atoms with Crippen LogP contribution in [-0.2, 0) is 0 Å². The molecule has 1 aromatic carbocycles. The lowest BCUT2D eigenvalue weighted by Gasteiger charge is -1.95. The van der Waals surface area contributed by atoms with Crippen LogP contribution in [-0.4, -0.2) is 5.78 Å². The van der Waals surface area contributed by atoms with Gasteiger partial charge < -0.3 is 0 Å². The molecule has 0 heterocycles. The predicted molar refractivity (Wildman–Crippen MR) is 45.5 cm³/mol. The molecule has 0 bridgehead atoms. The standard InChI is InChI=1S/C10H9FO/c1-2-5-10(12)8-6-3-4-7-9(8)11/h2-7H,1H3/b5-2-. The van der Waals surface area contributed by atoms with Crippen LogP contribution < -0.4 is 0 Å². The summed E-state index contributed by atoms with van der Waals surface area (Å²) in [6, 6.07) is 5.94. The minimum absolute atomic E-state index is 0.121. The first-order chi connectivity index (χ1) is 5.75. The van der Waals surface area contributed by atoms with E-state index in [9.17, 15) is 9.18 Å². The molecule has 2 heteroatoms. The molecule has 0 aromatic heterocycles. The van der Waals surface area contributed by atoms with Crippen LogP contribution in [0.5, 0.6) is 0 Å². The van der Waals surface area contributed by atoms with E-state index in [1.54, 1.807) is 25.1 Å². The van der Waals surface area contributed by atoms with Crippen LogP contribution in [0.1, 0.15) is 17.3 Å². The molecular weight excluding hydrogens is 155 g/mol. The lowest BCUT2D eigenvalue weighted by molar-refractivity contribution is 0.104. The van der Waals surface area contributed by atoms with Gasteiger partial charge in [-0.05, 0) is 25.1 Å². The molecule has 0 unspecified atom stereocenters. The third-order valence-corrected chi connectivity index (χ3v) is 1.46. The number of carbonyl (C=O) groups excluding carboxylic acids is 1. The predicted octanol–water partition coefficient (Wildman–Crippen LogP) is 2.58. The minimum atomic E-state index is -0.472. The highest BCUT2D eigenvalue weighted by molar-refractivity contribution is 6.04. The zero-order valence-electron chi connectivity index (χ0n) is 6.75. The molecule has 12 heavy (non-hydrogen) atoms. The highest BCUT2D eigenvalue weighted by Gasteiger charge is 2.05. The topological polar surface area (TPSA) is 17.1 Å². The largest absolute Gasteiger partial charge is 0.289 e. The van der Waals surface area contributed by atoms with Crippen LogP contribution in [0.2, 0.25) is 0 Å². The van der Waals surface area contributed by atoms with Crippen molar-refractivity contribution in [2.75, 3.05) is 0 Å². The Bertz CT molecular complexity index is 315. The molecule has 0 amide bonds. The molecule has 1 aromatic rings. The molecule has 0 spiro atoms. The molecule has 1 rings (SSSR count). The molecule has 0 radical (unpaired) electrons. The van der Waals surface area contributed by atoms with E-state index in [4.69, 9.17) is 0 Å². The number of rotatable bonds is 2. The van der Waals surface area contributed by atoms with E-state index in [1.807, 2.05) is 0 Å². The van der Waals surface area contributed by atoms with E-state index in [1.165, 1.54) is 18.2 Å².